The predicted molar refractivity (Wildman–Crippen MR) is 93.8 cm³/mol. The van der Waals surface area contributed by atoms with Gasteiger partial charge < -0.3 is 9.80 Å². The van der Waals surface area contributed by atoms with Crippen LogP contribution in [0.25, 0.3) is 0 Å². The van der Waals surface area contributed by atoms with Crippen molar-refractivity contribution in [2.24, 2.45) is 0 Å². The van der Waals surface area contributed by atoms with Gasteiger partial charge >= 0.3 is 0 Å². The number of aromatic nitrogens is 1. The summed E-state index contributed by atoms with van der Waals surface area (Å²) < 4.78 is 0. The summed E-state index contributed by atoms with van der Waals surface area (Å²) in [5.74, 6) is 0.205. The second-order valence-electron chi connectivity index (χ2n) is 6.11. The van der Waals surface area contributed by atoms with E-state index in [2.05, 4.69) is 29.1 Å². The van der Waals surface area contributed by atoms with E-state index in [1.54, 1.807) is 11.3 Å². The third-order valence-corrected chi connectivity index (χ3v) is 5.10. The van der Waals surface area contributed by atoms with Crippen molar-refractivity contribution in [2.45, 2.75) is 19.3 Å². The molecule has 1 aliphatic heterocycles. The van der Waals surface area contributed by atoms with Crippen LogP contribution in [0.2, 0.25) is 0 Å². The Hall–Kier alpha value is -1.72. The number of hydrogen-bond acceptors (Lipinski definition) is 4. The number of likely N-dealkylation sites (N-methyl/N-ethyl adjacent to an activating group) is 1. The quantitative estimate of drug-likeness (QED) is 0.864. The van der Waals surface area contributed by atoms with E-state index in [1.807, 2.05) is 28.5 Å². The van der Waals surface area contributed by atoms with Crippen molar-refractivity contribution in [2.75, 3.05) is 33.2 Å². The standard InChI is InChI=1S/C18H23N3OS/c1-20-8-5-9-21(11-10-20)18(22)13-16-14-23-17(19-16)12-15-6-3-2-4-7-15/h2-4,6-7,14H,5,8-13H2,1H3. The molecule has 0 N–H and O–H groups in total. The fraction of sp³-hybridized carbons (Fsp3) is 0.444. The normalized spacial score (nSPS) is 16.3. The summed E-state index contributed by atoms with van der Waals surface area (Å²) in [5.41, 5.74) is 2.17. The van der Waals surface area contributed by atoms with Crippen molar-refractivity contribution in [1.29, 1.82) is 0 Å². The molecule has 1 amide bonds. The van der Waals surface area contributed by atoms with Gasteiger partial charge in [0.05, 0.1) is 17.1 Å². The van der Waals surface area contributed by atoms with Gasteiger partial charge in [-0.1, -0.05) is 30.3 Å². The van der Waals surface area contributed by atoms with E-state index < -0.39 is 0 Å². The summed E-state index contributed by atoms with van der Waals surface area (Å²) >= 11 is 1.65. The molecule has 0 bridgehead atoms. The number of thiazole rings is 1. The molecule has 0 atom stereocenters. The van der Waals surface area contributed by atoms with E-state index >= 15 is 0 Å². The fourth-order valence-electron chi connectivity index (χ4n) is 2.84. The zero-order chi connectivity index (χ0) is 16.1. The van der Waals surface area contributed by atoms with Gasteiger partial charge in [0.15, 0.2) is 0 Å². The van der Waals surface area contributed by atoms with Gasteiger partial charge in [-0.2, -0.15) is 0 Å². The Morgan fingerprint density at radius 3 is 2.83 bits per heavy atom. The molecular formula is C18H23N3OS. The third kappa shape index (κ3) is 4.62. The number of hydrogen-bond donors (Lipinski definition) is 0. The maximum absolute atomic E-state index is 12.5. The maximum atomic E-state index is 12.5. The van der Waals surface area contributed by atoms with E-state index in [0.29, 0.717) is 6.42 Å². The molecule has 5 heteroatoms. The molecule has 2 heterocycles. The lowest BCUT2D eigenvalue weighted by atomic mass is 10.2. The largest absolute Gasteiger partial charge is 0.341 e. The van der Waals surface area contributed by atoms with Crippen molar-refractivity contribution in [3.8, 4) is 0 Å². The van der Waals surface area contributed by atoms with Crippen molar-refractivity contribution in [1.82, 2.24) is 14.8 Å². The van der Waals surface area contributed by atoms with Crippen LogP contribution in [-0.2, 0) is 17.6 Å². The molecule has 3 rings (SSSR count). The molecule has 1 saturated heterocycles. The number of rotatable bonds is 4. The lowest BCUT2D eigenvalue weighted by Crippen LogP contribution is -2.35. The average Bonchev–Trinajstić information content (AvgIpc) is 2.86. The van der Waals surface area contributed by atoms with Crippen molar-refractivity contribution >= 4 is 17.2 Å². The Morgan fingerprint density at radius 1 is 1.17 bits per heavy atom. The average molecular weight is 329 g/mol. The highest BCUT2D eigenvalue weighted by atomic mass is 32.1. The molecule has 0 spiro atoms. The topological polar surface area (TPSA) is 36.4 Å². The molecule has 23 heavy (non-hydrogen) atoms. The summed E-state index contributed by atoms with van der Waals surface area (Å²) in [6.45, 7) is 3.73. The number of benzene rings is 1. The molecule has 0 aliphatic carbocycles. The predicted octanol–water partition coefficient (Wildman–Crippen LogP) is 2.44. The zero-order valence-electron chi connectivity index (χ0n) is 13.6. The first-order valence-corrected chi connectivity index (χ1v) is 9.02. The number of carbonyl (C=O) groups excluding carboxylic acids is 1. The molecule has 1 fully saturated rings. The van der Waals surface area contributed by atoms with Crippen LogP contribution in [0.5, 0.6) is 0 Å². The van der Waals surface area contributed by atoms with Crippen molar-refractivity contribution in [3.05, 3.63) is 52.0 Å². The smallest absolute Gasteiger partial charge is 0.228 e. The minimum atomic E-state index is 0.205. The van der Waals surface area contributed by atoms with Gasteiger partial charge in [-0.15, -0.1) is 11.3 Å². The van der Waals surface area contributed by atoms with Gasteiger partial charge in [0.25, 0.3) is 0 Å². The minimum absolute atomic E-state index is 0.205. The molecule has 0 saturated carbocycles. The highest BCUT2D eigenvalue weighted by molar-refractivity contribution is 7.09. The molecule has 2 aromatic rings. The molecule has 0 unspecified atom stereocenters. The van der Waals surface area contributed by atoms with E-state index in [4.69, 9.17) is 0 Å². The molecule has 1 aromatic heterocycles. The molecule has 4 nitrogen and oxygen atoms in total. The Kier molecular flexibility index (Phi) is 5.41. The number of nitrogens with zero attached hydrogens (tertiary/aromatic N) is 3. The first-order valence-electron chi connectivity index (χ1n) is 8.14. The van der Waals surface area contributed by atoms with E-state index in [-0.39, 0.29) is 5.91 Å². The van der Waals surface area contributed by atoms with Crippen LogP contribution in [0.1, 0.15) is 22.7 Å². The van der Waals surface area contributed by atoms with Gasteiger partial charge in [-0.25, -0.2) is 4.98 Å². The Morgan fingerprint density at radius 2 is 2.00 bits per heavy atom. The first-order chi connectivity index (χ1) is 11.2. The van der Waals surface area contributed by atoms with Crippen LogP contribution in [0.15, 0.2) is 35.7 Å². The molecule has 0 radical (unpaired) electrons. The van der Waals surface area contributed by atoms with Gasteiger partial charge in [-0.05, 0) is 25.6 Å². The third-order valence-electron chi connectivity index (χ3n) is 4.20. The van der Waals surface area contributed by atoms with Crippen molar-refractivity contribution < 1.29 is 4.79 Å². The lowest BCUT2D eigenvalue weighted by Gasteiger charge is -2.20. The van der Waals surface area contributed by atoms with Crippen LogP contribution < -0.4 is 0 Å². The summed E-state index contributed by atoms with van der Waals surface area (Å²) in [4.78, 5) is 21.4. The summed E-state index contributed by atoms with van der Waals surface area (Å²) in [6.07, 6.45) is 2.32. The highest BCUT2D eigenvalue weighted by Crippen LogP contribution is 2.16. The van der Waals surface area contributed by atoms with E-state index in [0.717, 1.165) is 49.7 Å². The second kappa shape index (κ2) is 7.70. The van der Waals surface area contributed by atoms with Crippen LogP contribution in [0.4, 0.5) is 0 Å². The van der Waals surface area contributed by atoms with Crippen molar-refractivity contribution in [3.63, 3.8) is 0 Å². The van der Waals surface area contributed by atoms with Crippen LogP contribution >= 0.6 is 11.3 Å². The molecule has 1 aromatic carbocycles. The van der Waals surface area contributed by atoms with Crippen LogP contribution in [0, 0.1) is 0 Å². The fourth-order valence-corrected chi connectivity index (χ4v) is 3.67. The van der Waals surface area contributed by atoms with E-state index in [1.165, 1.54) is 5.56 Å². The zero-order valence-corrected chi connectivity index (χ0v) is 14.4. The Bertz CT molecular complexity index is 641. The lowest BCUT2D eigenvalue weighted by molar-refractivity contribution is -0.130. The van der Waals surface area contributed by atoms with Gasteiger partial charge in [0.1, 0.15) is 0 Å². The summed E-state index contributed by atoms with van der Waals surface area (Å²) in [5, 5.41) is 3.11. The molecular weight excluding hydrogens is 306 g/mol. The first kappa shape index (κ1) is 16.1. The van der Waals surface area contributed by atoms with Crippen LogP contribution in [0.3, 0.4) is 0 Å². The van der Waals surface area contributed by atoms with Gasteiger partial charge in [0.2, 0.25) is 5.91 Å². The van der Waals surface area contributed by atoms with Gasteiger partial charge in [0, 0.05) is 31.4 Å². The van der Waals surface area contributed by atoms with Crippen LogP contribution in [-0.4, -0.2) is 53.9 Å². The Labute approximate surface area is 141 Å². The molecule has 122 valence electrons. The second-order valence-corrected chi connectivity index (χ2v) is 7.05. The van der Waals surface area contributed by atoms with Gasteiger partial charge in [-0.3, -0.25) is 4.79 Å². The summed E-state index contributed by atoms with van der Waals surface area (Å²) in [6, 6.07) is 10.3. The van der Waals surface area contributed by atoms with E-state index in [9.17, 15) is 4.79 Å². The number of amides is 1. The highest BCUT2D eigenvalue weighted by Gasteiger charge is 2.18. The molecule has 1 aliphatic rings. The minimum Gasteiger partial charge on any atom is -0.341 e. The summed E-state index contributed by atoms with van der Waals surface area (Å²) in [7, 11) is 2.12. The number of carbonyl (C=O) groups is 1. The maximum Gasteiger partial charge on any atom is 0.228 e. The SMILES string of the molecule is CN1CCCN(C(=O)Cc2csc(Cc3ccccc3)n2)CC1. The monoisotopic (exact) mass is 329 g/mol. The Balaban J connectivity index is 1.57.